The Kier molecular flexibility index (Phi) is 5.00. The zero-order chi connectivity index (χ0) is 17.8. The first-order chi connectivity index (χ1) is 12.0. The molecule has 2 atom stereocenters. The molecule has 4 nitrogen and oxygen atoms in total. The standard InChI is InChI=1S/C21H21NO3/c1-14(21(25)16-9-11-18(23)12-10-16)22-20(24)13-17-7-4-6-15-5-2-3-8-19(15)17/h2-12,14,21,23,25H,13H2,1H3,(H,22,24). The average Bonchev–Trinajstić information content (AvgIpc) is 2.62. The van der Waals surface area contributed by atoms with Crippen molar-refractivity contribution < 1.29 is 15.0 Å². The van der Waals surface area contributed by atoms with Crippen molar-refractivity contribution in [2.75, 3.05) is 0 Å². The Morgan fingerprint density at radius 1 is 1.00 bits per heavy atom. The lowest BCUT2D eigenvalue weighted by molar-refractivity contribution is -0.121. The number of hydrogen-bond donors (Lipinski definition) is 3. The molecule has 0 fully saturated rings. The Labute approximate surface area is 146 Å². The van der Waals surface area contributed by atoms with E-state index in [1.807, 2.05) is 42.5 Å². The fraction of sp³-hybridized carbons (Fsp3) is 0.190. The van der Waals surface area contributed by atoms with Gasteiger partial charge in [0.25, 0.3) is 0 Å². The number of fused-ring (bicyclic) bond motifs is 1. The van der Waals surface area contributed by atoms with Gasteiger partial charge in [0, 0.05) is 0 Å². The normalized spacial score (nSPS) is 13.4. The molecular formula is C21H21NO3. The van der Waals surface area contributed by atoms with Gasteiger partial charge in [0.2, 0.25) is 5.91 Å². The quantitative estimate of drug-likeness (QED) is 0.670. The zero-order valence-electron chi connectivity index (χ0n) is 14.0. The van der Waals surface area contributed by atoms with Crippen molar-refractivity contribution in [1.29, 1.82) is 0 Å². The van der Waals surface area contributed by atoms with Gasteiger partial charge in [0.15, 0.2) is 0 Å². The minimum atomic E-state index is -0.836. The number of carbonyl (C=O) groups excluding carboxylic acids is 1. The summed E-state index contributed by atoms with van der Waals surface area (Å²) in [6, 6.07) is 19.8. The maximum Gasteiger partial charge on any atom is 0.224 e. The number of rotatable bonds is 5. The van der Waals surface area contributed by atoms with Crippen LogP contribution in [0, 0.1) is 0 Å². The van der Waals surface area contributed by atoms with Crippen LogP contribution in [0.1, 0.15) is 24.2 Å². The van der Waals surface area contributed by atoms with Crippen LogP contribution in [0.5, 0.6) is 5.75 Å². The van der Waals surface area contributed by atoms with E-state index in [-0.39, 0.29) is 18.1 Å². The second-order valence-electron chi connectivity index (χ2n) is 6.21. The molecule has 4 heteroatoms. The minimum Gasteiger partial charge on any atom is -0.508 e. The van der Waals surface area contributed by atoms with Crippen LogP contribution in [0.15, 0.2) is 66.7 Å². The van der Waals surface area contributed by atoms with Crippen molar-refractivity contribution in [3.05, 3.63) is 77.9 Å². The number of aromatic hydroxyl groups is 1. The summed E-state index contributed by atoms with van der Waals surface area (Å²) in [5, 5.41) is 24.7. The summed E-state index contributed by atoms with van der Waals surface area (Å²) in [6.45, 7) is 1.76. The van der Waals surface area contributed by atoms with Gasteiger partial charge in [-0.15, -0.1) is 0 Å². The van der Waals surface area contributed by atoms with Gasteiger partial charge in [0.05, 0.1) is 18.6 Å². The van der Waals surface area contributed by atoms with E-state index < -0.39 is 12.1 Å². The molecule has 0 aliphatic heterocycles. The highest BCUT2D eigenvalue weighted by molar-refractivity contribution is 5.90. The van der Waals surface area contributed by atoms with Gasteiger partial charge >= 0.3 is 0 Å². The lowest BCUT2D eigenvalue weighted by Crippen LogP contribution is -2.37. The number of benzene rings is 3. The monoisotopic (exact) mass is 335 g/mol. The van der Waals surface area contributed by atoms with Crippen molar-refractivity contribution in [1.82, 2.24) is 5.32 Å². The van der Waals surface area contributed by atoms with Crippen LogP contribution < -0.4 is 5.32 Å². The van der Waals surface area contributed by atoms with Crippen LogP contribution in [-0.2, 0) is 11.2 Å². The number of aliphatic hydroxyl groups excluding tert-OH is 1. The number of carbonyl (C=O) groups is 1. The van der Waals surface area contributed by atoms with E-state index in [2.05, 4.69) is 5.32 Å². The third kappa shape index (κ3) is 3.98. The van der Waals surface area contributed by atoms with Gasteiger partial charge in [-0.2, -0.15) is 0 Å². The largest absolute Gasteiger partial charge is 0.508 e. The van der Waals surface area contributed by atoms with Crippen LogP contribution in [-0.4, -0.2) is 22.2 Å². The van der Waals surface area contributed by atoms with Crippen LogP contribution in [0.25, 0.3) is 10.8 Å². The van der Waals surface area contributed by atoms with Crippen molar-refractivity contribution in [2.24, 2.45) is 0 Å². The zero-order valence-corrected chi connectivity index (χ0v) is 14.0. The lowest BCUT2D eigenvalue weighted by Gasteiger charge is -2.21. The van der Waals surface area contributed by atoms with Crippen molar-refractivity contribution in [3.8, 4) is 5.75 Å². The smallest absolute Gasteiger partial charge is 0.224 e. The SMILES string of the molecule is CC(NC(=O)Cc1cccc2ccccc12)C(O)c1ccc(O)cc1. The molecular weight excluding hydrogens is 314 g/mol. The second-order valence-corrected chi connectivity index (χ2v) is 6.21. The fourth-order valence-electron chi connectivity index (χ4n) is 2.96. The van der Waals surface area contributed by atoms with Gasteiger partial charge in [-0.05, 0) is 41.0 Å². The number of phenolic OH excluding ortho intramolecular Hbond substituents is 1. The fourth-order valence-corrected chi connectivity index (χ4v) is 2.96. The molecule has 0 aromatic heterocycles. The maximum atomic E-state index is 12.4. The van der Waals surface area contributed by atoms with E-state index in [1.54, 1.807) is 19.1 Å². The van der Waals surface area contributed by atoms with E-state index in [0.29, 0.717) is 5.56 Å². The molecule has 3 rings (SSSR count). The predicted molar refractivity (Wildman–Crippen MR) is 98.3 cm³/mol. The number of amides is 1. The number of phenols is 1. The number of aliphatic hydroxyl groups is 1. The number of nitrogens with one attached hydrogen (secondary N) is 1. The van der Waals surface area contributed by atoms with Gasteiger partial charge in [-0.1, -0.05) is 54.6 Å². The first-order valence-corrected chi connectivity index (χ1v) is 8.27. The van der Waals surface area contributed by atoms with E-state index >= 15 is 0 Å². The van der Waals surface area contributed by atoms with Crippen LogP contribution in [0.2, 0.25) is 0 Å². The van der Waals surface area contributed by atoms with Crippen LogP contribution in [0.3, 0.4) is 0 Å². The van der Waals surface area contributed by atoms with Crippen LogP contribution in [0.4, 0.5) is 0 Å². The van der Waals surface area contributed by atoms with Gasteiger partial charge in [0.1, 0.15) is 5.75 Å². The van der Waals surface area contributed by atoms with Gasteiger partial charge in [-0.25, -0.2) is 0 Å². The molecule has 0 spiro atoms. The van der Waals surface area contributed by atoms with E-state index in [1.165, 1.54) is 12.1 Å². The summed E-state index contributed by atoms with van der Waals surface area (Å²) in [5.74, 6) is 0.00488. The summed E-state index contributed by atoms with van der Waals surface area (Å²) in [5.41, 5.74) is 1.61. The number of hydrogen-bond acceptors (Lipinski definition) is 3. The molecule has 3 aromatic rings. The van der Waals surface area contributed by atoms with Gasteiger partial charge < -0.3 is 15.5 Å². The van der Waals surface area contributed by atoms with Crippen molar-refractivity contribution in [2.45, 2.75) is 25.5 Å². The van der Waals surface area contributed by atoms with Crippen molar-refractivity contribution in [3.63, 3.8) is 0 Å². The minimum absolute atomic E-state index is 0.137. The Hall–Kier alpha value is -2.85. The predicted octanol–water partition coefficient (Wildman–Crippen LogP) is 3.33. The summed E-state index contributed by atoms with van der Waals surface area (Å²) in [7, 11) is 0. The molecule has 0 saturated carbocycles. The molecule has 0 heterocycles. The molecule has 2 unspecified atom stereocenters. The Morgan fingerprint density at radius 3 is 2.44 bits per heavy atom. The highest BCUT2D eigenvalue weighted by atomic mass is 16.3. The van der Waals surface area contributed by atoms with Crippen LogP contribution >= 0.6 is 0 Å². The Bertz CT molecular complexity index is 868. The summed E-state index contributed by atoms with van der Waals surface area (Å²) in [4.78, 5) is 12.4. The van der Waals surface area contributed by atoms with E-state index in [0.717, 1.165) is 16.3 Å². The topological polar surface area (TPSA) is 69.6 Å². The second kappa shape index (κ2) is 7.36. The third-order valence-corrected chi connectivity index (χ3v) is 4.33. The Balaban J connectivity index is 1.68. The molecule has 1 amide bonds. The average molecular weight is 335 g/mol. The van der Waals surface area contributed by atoms with E-state index in [4.69, 9.17) is 0 Å². The first kappa shape index (κ1) is 17.0. The summed E-state index contributed by atoms with van der Waals surface area (Å²) >= 11 is 0. The van der Waals surface area contributed by atoms with E-state index in [9.17, 15) is 15.0 Å². The molecule has 3 aromatic carbocycles. The Morgan fingerprint density at radius 2 is 1.68 bits per heavy atom. The molecule has 0 saturated heterocycles. The lowest BCUT2D eigenvalue weighted by atomic mass is 10.0. The molecule has 0 radical (unpaired) electrons. The highest BCUT2D eigenvalue weighted by Gasteiger charge is 2.19. The molecule has 0 aliphatic carbocycles. The molecule has 25 heavy (non-hydrogen) atoms. The summed E-state index contributed by atoms with van der Waals surface area (Å²) < 4.78 is 0. The van der Waals surface area contributed by atoms with Gasteiger partial charge in [-0.3, -0.25) is 4.79 Å². The molecule has 3 N–H and O–H groups in total. The summed E-state index contributed by atoms with van der Waals surface area (Å²) in [6.07, 6.45) is -0.578. The maximum absolute atomic E-state index is 12.4. The molecule has 0 bridgehead atoms. The molecule has 0 aliphatic rings. The third-order valence-electron chi connectivity index (χ3n) is 4.33. The van der Waals surface area contributed by atoms with Crippen molar-refractivity contribution >= 4 is 16.7 Å². The highest BCUT2D eigenvalue weighted by Crippen LogP contribution is 2.21. The molecule has 128 valence electrons. The first-order valence-electron chi connectivity index (χ1n) is 8.27.